The molecule has 1 fully saturated rings. The van der Waals surface area contributed by atoms with Crippen molar-refractivity contribution in [3.63, 3.8) is 0 Å². The minimum Gasteiger partial charge on any atom is -0.305 e. The van der Waals surface area contributed by atoms with Crippen molar-refractivity contribution in [3.8, 4) is 0 Å². The number of nitrogens with zero attached hydrogens (tertiary/aromatic N) is 1. The van der Waals surface area contributed by atoms with Gasteiger partial charge in [0.05, 0.1) is 12.2 Å². The highest BCUT2D eigenvalue weighted by molar-refractivity contribution is 7.13. The summed E-state index contributed by atoms with van der Waals surface area (Å²) in [6.45, 7) is 4.50. The minimum atomic E-state index is -0.0569. The van der Waals surface area contributed by atoms with Crippen LogP contribution in [0.25, 0.3) is 0 Å². The van der Waals surface area contributed by atoms with Gasteiger partial charge in [-0.3, -0.25) is 4.79 Å². The molecule has 0 aliphatic heterocycles. The standard InChI is InChI=1S/C11H15N3OS/c1-2-5-12-6-10(15)14-11-13-9(7-16-11)8-3-4-8/h2,7-8,12H,1,3-6H2,(H,13,14,15). The van der Waals surface area contributed by atoms with Gasteiger partial charge in [-0.1, -0.05) is 6.08 Å². The lowest BCUT2D eigenvalue weighted by Crippen LogP contribution is -2.28. The molecule has 0 radical (unpaired) electrons. The van der Waals surface area contributed by atoms with Crippen LogP contribution in [0.1, 0.15) is 24.5 Å². The van der Waals surface area contributed by atoms with Gasteiger partial charge in [0, 0.05) is 17.8 Å². The van der Waals surface area contributed by atoms with Gasteiger partial charge in [-0.2, -0.15) is 0 Å². The number of hydrogen-bond acceptors (Lipinski definition) is 4. The molecule has 2 N–H and O–H groups in total. The van der Waals surface area contributed by atoms with Gasteiger partial charge in [0.15, 0.2) is 5.13 Å². The lowest BCUT2D eigenvalue weighted by molar-refractivity contribution is -0.115. The summed E-state index contributed by atoms with van der Waals surface area (Å²) >= 11 is 1.49. The Morgan fingerprint density at radius 1 is 1.69 bits per heavy atom. The minimum absolute atomic E-state index is 0.0569. The molecule has 0 atom stereocenters. The van der Waals surface area contributed by atoms with E-state index >= 15 is 0 Å². The Morgan fingerprint density at radius 2 is 2.50 bits per heavy atom. The Morgan fingerprint density at radius 3 is 3.19 bits per heavy atom. The van der Waals surface area contributed by atoms with E-state index in [0.29, 0.717) is 24.1 Å². The Kier molecular flexibility index (Phi) is 3.69. The molecule has 1 saturated carbocycles. The molecule has 1 heterocycles. The van der Waals surface area contributed by atoms with Crippen molar-refractivity contribution in [2.24, 2.45) is 0 Å². The highest BCUT2D eigenvalue weighted by atomic mass is 32.1. The van der Waals surface area contributed by atoms with Gasteiger partial charge in [0.1, 0.15) is 0 Å². The molecule has 0 saturated heterocycles. The van der Waals surface area contributed by atoms with Gasteiger partial charge in [0.2, 0.25) is 5.91 Å². The van der Waals surface area contributed by atoms with E-state index in [-0.39, 0.29) is 5.91 Å². The topological polar surface area (TPSA) is 54.0 Å². The number of thiazole rings is 1. The van der Waals surface area contributed by atoms with E-state index in [1.807, 2.05) is 5.38 Å². The van der Waals surface area contributed by atoms with E-state index in [4.69, 9.17) is 0 Å². The predicted molar refractivity (Wildman–Crippen MR) is 65.8 cm³/mol. The zero-order valence-electron chi connectivity index (χ0n) is 9.03. The van der Waals surface area contributed by atoms with Gasteiger partial charge in [-0.05, 0) is 12.8 Å². The maximum absolute atomic E-state index is 11.4. The van der Waals surface area contributed by atoms with Crippen molar-refractivity contribution in [2.75, 3.05) is 18.4 Å². The predicted octanol–water partition coefficient (Wildman–Crippen LogP) is 1.73. The number of aromatic nitrogens is 1. The summed E-state index contributed by atoms with van der Waals surface area (Å²) in [5.74, 6) is 0.583. The van der Waals surface area contributed by atoms with E-state index < -0.39 is 0 Å². The second-order valence-corrected chi connectivity index (χ2v) is 4.68. The van der Waals surface area contributed by atoms with Gasteiger partial charge in [-0.15, -0.1) is 17.9 Å². The van der Waals surface area contributed by atoms with E-state index in [1.165, 1.54) is 24.2 Å². The van der Waals surface area contributed by atoms with E-state index in [2.05, 4.69) is 22.2 Å². The van der Waals surface area contributed by atoms with Crippen LogP contribution in [0.15, 0.2) is 18.0 Å². The van der Waals surface area contributed by atoms with Gasteiger partial charge in [-0.25, -0.2) is 4.98 Å². The summed E-state index contributed by atoms with van der Waals surface area (Å²) in [4.78, 5) is 15.8. The zero-order valence-corrected chi connectivity index (χ0v) is 9.85. The second-order valence-electron chi connectivity index (χ2n) is 3.82. The molecular formula is C11H15N3OS. The molecule has 86 valence electrons. The summed E-state index contributed by atoms with van der Waals surface area (Å²) in [7, 11) is 0. The SMILES string of the molecule is C=CCNCC(=O)Nc1nc(C2CC2)cs1. The molecule has 1 aliphatic rings. The lowest BCUT2D eigenvalue weighted by atomic mass is 10.3. The first-order valence-electron chi connectivity index (χ1n) is 5.36. The van der Waals surface area contributed by atoms with Crippen LogP contribution >= 0.6 is 11.3 Å². The molecule has 1 aromatic rings. The number of nitrogens with one attached hydrogen (secondary N) is 2. The number of hydrogen-bond donors (Lipinski definition) is 2. The molecule has 2 rings (SSSR count). The normalized spacial score (nSPS) is 14.8. The number of carbonyl (C=O) groups is 1. The zero-order chi connectivity index (χ0) is 11.4. The fraction of sp³-hybridized carbons (Fsp3) is 0.455. The Balaban J connectivity index is 1.78. The summed E-state index contributed by atoms with van der Waals surface area (Å²) in [6.07, 6.45) is 4.19. The Bertz CT molecular complexity index is 384. The maximum Gasteiger partial charge on any atom is 0.240 e. The number of rotatable bonds is 6. The largest absolute Gasteiger partial charge is 0.305 e. The van der Waals surface area contributed by atoms with Crippen LogP contribution in [-0.2, 0) is 4.79 Å². The van der Waals surface area contributed by atoms with Crippen molar-refractivity contribution < 1.29 is 4.79 Å². The van der Waals surface area contributed by atoms with Crippen molar-refractivity contribution in [2.45, 2.75) is 18.8 Å². The third-order valence-corrected chi connectivity index (χ3v) is 3.11. The quantitative estimate of drug-likeness (QED) is 0.585. The molecule has 16 heavy (non-hydrogen) atoms. The molecule has 1 aromatic heterocycles. The van der Waals surface area contributed by atoms with Gasteiger partial charge in [0.25, 0.3) is 0 Å². The molecule has 5 heteroatoms. The van der Waals surface area contributed by atoms with Crippen molar-refractivity contribution in [3.05, 3.63) is 23.7 Å². The number of carbonyl (C=O) groups excluding carboxylic acids is 1. The summed E-state index contributed by atoms with van der Waals surface area (Å²) < 4.78 is 0. The fourth-order valence-electron chi connectivity index (χ4n) is 1.36. The van der Waals surface area contributed by atoms with Crippen LogP contribution in [0.5, 0.6) is 0 Å². The van der Waals surface area contributed by atoms with E-state index in [9.17, 15) is 4.79 Å². The molecule has 0 bridgehead atoms. The lowest BCUT2D eigenvalue weighted by Gasteiger charge is -2.01. The average molecular weight is 237 g/mol. The summed E-state index contributed by atoms with van der Waals surface area (Å²) in [6, 6.07) is 0. The first-order valence-corrected chi connectivity index (χ1v) is 6.24. The monoisotopic (exact) mass is 237 g/mol. The van der Waals surface area contributed by atoms with E-state index in [1.54, 1.807) is 6.08 Å². The molecule has 4 nitrogen and oxygen atoms in total. The third kappa shape index (κ3) is 3.15. The van der Waals surface area contributed by atoms with Crippen LogP contribution in [0.2, 0.25) is 0 Å². The van der Waals surface area contributed by atoms with Crippen LogP contribution in [0, 0.1) is 0 Å². The van der Waals surface area contributed by atoms with Crippen LogP contribution < -0.4 is 10.6 Å². The molecule has 1 aliphatic carbocycles. The second kappa shape index (κ2) is 5.23. The molecule has 0 aromatic carbocycles. The molecule has 0 unspecified atom stereocenters. The smallest absolute Gasteiger partial charge is 0.240 e. The molecular weight excluding hydrogens is 222 g/mol. The highest BCUT2D eigenvalue weighted by Gasteiger charge is 2.26. The third-order valence-electron chi connectivity index (χ3n) is 2.34. The van der Waals surface area contributed by atoms with E-state index in [0.717, 1.165) is 5.69 Å². The first-order chi connectivity index (χ1) is 7.79. The van der Waals surface area contributed by atoms with Crippen LogP contribution in [0.3, 0.4) is 0 Å². The van der Waals surface area contributed by atoms with Crippen molar-refractivity contribution in [1.82, 2.24) is 10.3 Å². The fourth-order valence-corrected chi connectivity index (χ4v) is 2.17. The Hall–Kier alpha value is -1.20. The highest BCUT2D eigenvalue weighted by Crippen LogP contribution is 2.40. The summed E-state index contributed by atoms with van der Waals surface area (Å²) in [5, 5.41) is 8.45. The van der Waals surface area contributed by atoms with Gasteiger partial charge >= 0.3 is 0 Å². The molecule has 0 spiro atoms. The maximum atomic E-state index is 11.4. The van der Waals surface area contributed by atoms with Crippen LogP contribution in [-0.4, -0.2) is 24.0 Å². The van der Waals surface area contributed by atoms with Crippen molar-refractivity contribution >= 4 is 22.4 Å². The Labute approximate surface area is 98.8 Å². The average Bonchev–Trinajstić information content (AvgIpc) is 3.01. The summed E-state index contributed by atoms with van der Waals surface area (Å²) in [5.41, 5.74) is 1.12. The number of amides is 1. The molecule has 1 amide bonds. The van der Waals surface area contributed by atoms with Crippen LogP contribution in [0.4, 0.5) is 5.13 Å². The van der Waals surface area contributed by atoms with Gasteiger partial charge < -0.3 is 10.6 Å². The van der Waals surface area contributed by atoms with Crippen molar-refractivity contribution in [1.29, 1.82) is 0 Å². The first kappa shape index (κ1) is 11.3. The number of anilines is 1.